The number of aliphatic hydroxyl groups is 1. The summed E-state index contributed by atoms with van der Waals surface area (Å²) in [6, 6.07) is 6.32. The van der Waals surface area contributed by atoms with Gasteiger partial charge >= 0.3 is 0 Å². The molecule has 19 heavy (non-hydrogen) atoms. The second kappa shape index (κ2) is 6.36. The van der Waals surface area contributed by atoms with Crippen LogP contribution in [0.1, 0.15) is 6.42 Å². The Morgan fingerprint density at radius 1 is 1.53 bits per heavy atom. The highest BCUT2D eigenvalue weighted by Crippen LogP contribution is 2.21. The summed E-state index contributed by atoms with van der Waals surface area (Å²) >= 11 is 1.14. The lowest BCUT2D eigenvalue weighted by molar-refractivity contribution is -0.119. The third-order valence-corrected chi connectivity index (χ3v) is 3.94. The third-order valence-electron chi connectivity index (χ3n) is 2.89. The van der Waals surface area contributed by atoms with Crippen LogP contribution in [0.4, 0.5) is 4.39 Å². The standard InChI is InChI=1S/C13H16FNO3S/c14-10-3-1-2-4-11(10)19-7-12(16)15-8-13(17)5-6-18-9-13/h1-4,17H,5-9H2,(H,15,16). The average molecular weight is 285 g/mol. The Labute approximate surface area is 115 Å². The van der Waals surface area contributed by atoms with E-state index in [1.165, 1.54) is 6.07 Å². The number of nitrogens with one attached hydrogen (secondary N) is 1. The first-order chi connectivity index (χ1) is 9.09. The molecule has 1 heterocycles. The number of halogens is 1. The van der Waals surface area contributed by atoms with E-state index in [1.807, 2.05) is 0 Å². The normalized spacial score (nSPS) is 22.4. The number of benzene rings is 1. The summed E-state index contributed by atoms with van der Waals surface area (Å²) in [6.07, 6.45) is 0.522. The molecule has 1 aromatic rings. The van der Waals surface area contributed by atoms with Crippen molar-refractivity contribution in [1.29, 1.82) is 0 Å². The van der Waals surface area contributed by atoms with Crippen LogP contribution < -0.4 is 5.32 Å². The van der Waals surface area contributed by atoms with Gasteiger partial charge in [0, 0.05) is 24.5 Å². The van der Waals surface area contributed by atoms with Crippen LogP contribution in [0.3, 0.4) is 0 Å². The predicted molar refractivity (Wildman–Crippen MR) is 70.5 cm³/mol. The van der Waals surface area contributed by atoms with Crippen LogP contribution >= 0.6 is 11.8 Å². The molecule has 2 rings (SSSR count). The SMILES string of the molecule is O=C(CSc1ccccc1F)NCC1(O)CCOC1. The van der Waals surface area contributed by atoms with Crippen molar-refractivity contribution in [3.8, 4) is 0 Å². The molecule has 0 aliphatic carbocycles. The van der Waals surface area contributed by atoms with Gasteiger partial charge in [-0.1, -0.05) is 12.1 Å². The van der Waals surface area contributed by atoms with Gasteiger partial charge < -0.3 is 15.2 Å². The summed E-state index contributed by atoms with van der Waals surface area (Å²) < 4.78 is 18.4. The third kappa shape index (κ3) is 4.19. The molecule has 0 saturated carbocycles. The van der Waals surface area contributed by atoms with Crippen molar-refractivity contribution in [2.24, 2.45) is 0 Å². The summed E-state index contributed by atoms with van der Waals surface area (Å²) in [7, 11) is 0. The first-order valence-corrected chi connectivity index (χ1v) is 7.02. The highest BCUT2D eigenvalue weighted by molar-refractivity contribution is 8.00. The average Bonchev–Trinajstić information content (AvgIpc) is 2.83. The lowest BCUT2D eigenvalue weighted by Crippen LogP contribution is -2.43. The van der Waals surface area contributed by atoms with Gasteiger partial charge in [-0.25, -0.2) is 4.39 Å². The van der Waals surface area contributed by atoms with Crippen molar-refractivity contribution in [2.45, 2.75) is 16.9 Å². The van der Waals surface area contributed by atoms with Crippen LogP contribution in [-0.4, -0.2) is 42.1 Å². The van der Waals surface area contributed by atoms with E-state index in [0.29, 0.717) is 17.9 Å². The second-order valence-corrected chi connectivity index (χ2v) is 5.54. The number of carbonyl (C=O) groups excluding carboxylic acids is 1. The Morgan fingerprint density at radius 2 is 2.32 bits per heavy atom. The maximum absolute atomic E-state index is 13.3. The van der Waals surface area contributed by atoms with Gasteiger partial charge in [0.15, 0.2) is 0 Å². The molecule has 0 spiro atoms. The van der Waals surface area contributed by atoms with E-state index in [1.54, 1.807) is 18.2 Å². The largest absolute Gasteiger partial charge is 0.386 e. The number of hydrogen-bond acceptors (Lipinski definition) is 4. The van der Waals surface area contributed by atoms with E-state index in [9.17, 15) is 14.3 Å². The maximum atomic E-state index is 13.3. The number of thioether (sulfide) groups is 1. The van der Waals surface area contributed by atoms with Gasteiger partial charge in [0.05, 0.1) is 12.4 Å². The van der Waals surface area contributed by atoms with Crippen molar-refractivity contribution < 1.29 is 19.0 Å². The highest BCUT2D eigenvalue weighted by atomic mass is 32.2. The van der Waals surface area contributed by atoms with E-state index in [4.69, 9.17) is 4.74 Å². The van der Waals surface area contributed by atoms with E-state index >= 15 is 0 Å². The predicted octanol–water partition coefficient (Wildman–Crippen LogP) is 1.19. The van der Waals surface area contributed by atoms with Gasteiger partial charge in [0.2, 0.25) is 5.91 Å². The zero-order valence-corrected chi connectivity index (χ0v) is 11.2. The molecule has 1 aliphatic rings. The molecule has 1 amide bonds. The van der Waals surface area contributed by atoms with Crippen LogP contribution in [0.25, 0.3) is 0 Å². The number of amides is 1. The fourth-order valence-electron chi connectivity index (χ4n) is 1.76. The number of ether oxygens (including phenoxy) is 1. The van der Waals surface area contributed by atoms with Crippen LogP contribution in [0.2, 0.25) is 0 Å². The van der Waals surface area contributed by atoms with Gasteiger partial charge in [0.1, 0.15) is 11.4 Å². The van der Waals surface area contributed by atoms with Crippen LogP contribution in [0.5, 0.6) is 0 Å². The Balaban J connectivity index is 1.74. The van der Waals surface area contributed by atoms with Crippen molar-refractivity contribution in [3.63, 3.8) is 0 Å². The Bertz CT molecular complexity index is 449. The van der Waals surface area contributed by atoms with Crippen molar-refractivity contribution >= 4 is 17.7 Å². The fourth-order valence-corrected chi connectivity index (χ4v) is 2.52. The quantitative estimate of drug-likeness (QED) is 0.798. The smallest absolute Gasteiger partial charge is 0.230 e. The molecule has 0 bridgehead atoms. The molecule has 104 valence electrons. The molecule has 2 N–H and O–H groups in total. The molecule has 1 unspecified atom stereocenters. The topological polar surface area (TPSA) is 58.6 Å². The van der Waals surface area contributed by atoms with Gasteiger partial charge in [0.25, 0.3) is 0 Å². The zero-order valence-electron chi connectivity index (χ0n) is 10.4. The molecule has 1 atom stereocenters. The molecule has 0 aromatic heterocycles. The van der Waals surface area contributed by atoms with Crippen molar-refractivity contribution in [3.05, 3.63) is 30.1 Å². The number of rotatable bonds is 5. The summed E-state index contributed by atoms with van der Waals surface area (Å²) in [6.45, 7) is 0.924. The van der Waals surface area contributed by atoms with Crippen LogP contribution in [-0.2, 0) is 9.53 Å². The molecular weight excluding hydrogens is 269 g/mol. The second-order valence-electron chi connectivity index (χ2n) is 4.52. The van der Waals surface area contributed by atoms with Crippen molar-refractivity contribution in [2.75, 3.05) is 25.5 Å². The summed E-state index contributed by atoms with van der Waals surface area (Å²) in [5.41, 5.74) is -0.960. The molecule has 1 fully saturated rings. The lowest BCUT2D eigenvalue weighted by Gasteiger charge is -2.20. The lowest BCUT2D eigenvalue weighted by atomic mass is 10.0. The van der Waals surface area contributed by atoms with E-state index in [0.717, 1.165) is 11.8 Å². The van der Waals surface area contributed by atoms with Gasteiger partial charge in [-0.05, 0) is 12.1 Å². The number of hydrogen-bond donors (Lipinski definition) is 2. The molecule has 0 radical (unpaired) electrons. The van der Waals surface area contributed by atoms with E-state index < -0.39 is 5.60 Å². The highest BCUT2D eigenvalue weighted by Gasteiger charge is 2.32. The molecule has 1 aromatic carbocycles. The molecule has 4 nitrogen and oxygen atoms in total. The molecule has 1 saturated heterocycles. The minimum atomic E-state index is -0.960. The Morgan fingerprint density at radius 3 is 3.00 bits per heavy atom. The van der Waals surface area contributed by atoms with E-state index in [2.05, 4.69) is 5.32 Å². The summed E-state index contributed by atoms with van der Waals surface area (Å²) in [4.78, 5) is 12.1. The Hall–Kier alpha value is -1.11. The molecular formula is C13H16FNO3S. The van der Waals surface area contributed by atoms with Crippen LogP contribution in [0.15, 0.2) is 29.2 Å². The maximum Gasteiger partial charge on any atom is 0.230 e. The molecule has 6 heteroatoms. The monoisotopic (exact) mass is 285 g/mol. The zero-order chi connectivity index (χ0) is 13.7. The molecule has 1 aliphatic heterocycles. The number of carbonyl (C=O) groups is 1. The van der Waals surface area contributed by atoms with Crippen molar-refractivity contribution in [1.82, 2.24) is 5.32 Å². The first-order valence-electron chi connectivity index (χ1n) is 6.03. The fraction of sp³-hybridized carbons (Fsp3) is 0.462. The summed E-state index contributed by atoms with van der Waals surface area (Å²) in [5, 5.41) is 12.6. The first kappa shape index (κ1) is 14.3. The summed E-state index contributed by atoms with van der Waals surface area (Å²) in [5.74, 6) is -0.436. The van der Waals surface area contributed by atoms with Crippen LogP contribution in [0, 0.1) is 5.82 Å². The van der Waals surface area contributed by atoms with Gasteiger partial charge in [-0.15, -0.1) is 11.8 Å². The minimum Gasteiger partial charge on any atom is -0.386 e. The minimum absolute atomic E-state index is 0.123. The van der Waals surface area contributed by atoms with Gasteiger partial charge in [-0.2, -0.15) is 0 Å². The Kier molecular flexibility index (Phi) is 4.79. The van der Waals surface area contributed by atoms with Gasteiger partial charge in [-0.3, -0.25) is 4.79 Å². The van der Waals surface area contributed by atoms with E-state index in [-0.39, 0.29) is 30.6 Å².